The van der Waals surface area contributed by atoms with Gasteiger partial charge in [-0.25, -0.2) is 0 Å². The molecule has 1 nitrogen and oxygen atoms in total. The monoisotopic (exact) mass is 246 g/mol. The highest BCUT2D eigenvalue weighted by Crippen LogP contribution is 2.21. The second kappa shape index (κ2) is 4.53. The van der Waals surface area contributed by atoms with E-state index in [-0.39, 0.29) is 0 Å². The molecule has 0 heterocycles. The average Bonchev–Trinajstić information content (AvgIpc) is 2.07. The Morgan fingerprint density at radius 3 is 2.92 bits per heavy atom. The summed E-state index contributed by atoms with van der Waals surface area (Å²) in [6, 6.07) is 5.66. The number of halogens is 2. The van der Waals surface area contributed by atoms with Crippen molar-refractivity contribution in [1.29, 1.82) is 0 Å². The minimum atomic E-state index is 0.714. The van der Waals surface area contributed by atoms with E-state index in [4.69, 9.17) is 16.3 Å². The van der Waals surface area contributed by atoms with Gasteiger partial charge in [0.1, 0.15) is 0 Å². The van der Waals surface area contributed by atoms with Crippen LogP contribution in [0.25, 0.3) is 6.08 Å². The SMILES string of the molecule is CO/C=C/c1cc(Br)ccc1Cl. The molecular weight excluding hydrogens is 239 g/mol. The fraction of sp³-hybridized carbons (Fsp3) is 0.111. The van der Waals surface area contributed by atoms with Crippen LogP contribution in [0.15, 0.2) is 28.9 Å². The van der Waals surface area contributed by atoms with Gasteiger partial charge in [0.2, 0.25) is 0 Å². The van der Waals surface area contributed by atoms with E-state index < -0.39 is 0 Å². The lowest BCUT2D eigenvalue weighted by Crippen LogP contribution is -1.75. The maximum Gasteiger partial charge on any atom is 0.0831 e. The van der Waals surface area contributed by atoms with Crippen LogP contribution in [0.5, 0.6) is 0 Å². The highest BCUT2D eigenvalue weighted by Gasteiger charge is 1.96. The Balaban J connectivity index is 2.97. The molecule has 0 bridgehead atoms. The van der Waals surface area contributed by atoms with E-state index in [0.717, 1.165) is 10.0 Å². The zero-order valence-corrected chi connectivity index (χ0v) is 8.89. The van der Waals surface area contributed by atoms with Gasteiger partial charge in [-0.05, 0) is 29.8 Å². The van der Waals surface area contributed by atoms with Gasteiger partial charge in [-0.2, -0.15) is 0 Å². The van der Waals surface area contributed by atoms with E-state index in [0.29, 0.717) is 5.02 Å². The zero-order valence-electron chi connectivity index (χ0n) is 6.55. The lowest BCUT2D eigenvalue weighted by molar-refractivity contribution is 0.341. The number of hydrogen-bond donors (Lipinski definition) is 0. The molecule has 0 aliphatic rings. The first-order valence-corrected chi connectivity index (χ1v) is 4.55. The zero-order chi connectivity index (χ0) is 8.97. The summed E-state index contributed by atoms with van der Waals surface area (Å²) in [6.07, 6.45) is 3.40. The molecule has 3 heteroatoms. The van der Waals surface area contributed by atoms with E-state index in [1.54, 1.807) is 13.4 Å². The van der Waals surface area contributed by atoms with Crippen molar-refractivity contribution in [3.8, 4) is 0 Å². The molecule has 12 heavy (non-hydrogen) atoms. The summed E-state index contributed by atoms with van der Waals surface area (Å²) in [5.74, 6) is 0. The summed E-state index contributed by atoms with van der Waals surface area (Å²) in [5.41, 5.74) is 0.938. The minimum Gasteiger partial charge on any atom is -0.504 e. The quantitative estimate of drug-likeness (QED) is 0.724. The topological polar surface area (TPSA) is 9.23 Å². The van der Waals surface area contributed by atoms with Crippen molar-refractivity contribution in [2.75, 3.05) is 7.11 Å². The summed E-state index contributed by atoms with van der Waals surface area (Å²) in [7, 11) is 1.60. The molecule has 1 rings (SSSR count). The van der Waals surface area contributed by atoms with Crippen LogP contribution in [-0.4, -0.2) is 7.11 Å². The van der Waals surface area contributed by atoms with E-state index in [9.17, 15) is 0 Å². The molecule has 0 aromatic heterocycles. The Hall–Kier alpha value is -0.470. The summed E-state index contributed by atoms with van der Waals surface area (Å²) < 4.78 is 5.79. The third kappa shape index (κ3) is 2.54. The molecule has 0 fully saturated rings. The van der Waals surface area contributed by atoms with Crippen LogP contribution in [0.2, 0.25) is 5.02 Å². The molecule has 0 saturated carbocycles. The fourth-order valence-corrected chi connectivity index (χ4v) is 1.34. The number of rotatable bonds is 2. The summed E-state index contributed by atoms with van der Waals surface area (Å²) in [4.78, 5) is 0. The first-order chi connectivity index (χ1) is 5.74. The van der Waals surface area contributed by atoms with Crippen molar-refractivity contribution >= 4 is 33.6 Å². The van der Waals surface area contributed by atoms with Crippen LogP contribution in [0.3, 0.4) is 0 Å². The maximum atomic E-state index is 5.90. The first kappa shape index (κ1) is 9.62. The number of hydrogen-bond acceptors (Lipinski definition) is 1. The van der Waals surface area contributed by atoms with Crippen LogP contribution in [0, 0.1) is 0 Å². The van der Waals surface area contributed by atoms with Crippen LogP contribution in [0.1, 0.15) is 5.56 Å². The van der Waals surface area contributed by atoms with Gasteiger partial charge in [0.15, 0.2) is 0 Å². The first-order valence-electron chi connectivity index (χ1n) is 3.38. The minimum absolute atomic E-state index is 0.714. The van der Waals surface area contributed by atoms with Gasteiger partial charge in [0.25, 0.3) is 0 Å². The molecule has 0 radical (unpaired) electrons. The van der Waals surface area contributed by atoms with Crippen LogP contribution in [0.4, 0.5) is 0 Å². The van der Waals surface area contributed by atoms with Crippen LogP contribution >= 0.6 is 27.5 Å². The molecule has 0 saturated heterocycles. The maximum absolute atomic E-state index is 5.90. The number of methoxy groups -OCH3 is 1. The van der Waals surface area contributed by atoms with Gasteiger partial charge in [-0.15, -0.1) is 0 Å². The van der Waals surface area contributed by atoms with Gasteiger partial charge >= 0.3 is 0 Å². The van der Waals surface area contributed by atoms with Crippen molar-refractivity contribution in [2.45, 2.75) is 0 Å². The van der Waals surface area contributed by atoms with Gasteiger partial charge in [-0.1, -0.05) is 27.5 Å². The van der Waals surface area contributed by atoms with Crippen molar-refractivity contribution in [3.05, 3.63) is 39.5 Å². The molecule has 0 amide bonds. The van der Waals surface area contributed by atoms with E-state index in [1.165, 1.54) is 0 Å². The van der Waals surface area contributed by atoms with Gasteiger partial charge < -0.3 is 4.74 Å². The van der Waals surface area contributed by atoms with Crippen molar-refractivity contribution in [3.63, 3.8) is 0 Å². The smallest absolute Gasteiger partial charge is 0.0831 e. The lowest BCUT2D eigenvalue weighted by atomic mass is 10.2. The third-order valence-corrected chi connectivity index (χ3v) is 2.18. The Labute approximate surface area is 85.1 Å². The molecule has 0 N–H and O–H groups in total. The molecule has 1 aromatic rings. The Morgan fingerprint density at radius 1 is 1.50 bits per heavy atom. The van der Waals surface area contributed by atoms with E-state index in [2.05, 4.69) is 15.9 Å². The molecule has 0 unspecified atom stereocenters. The molecule has 0 atom stereocenters. The Kier molecular flexibility index (Phi) is 3.63. The van der Waals surface area contributed by atoms with Crippen molar-refractivity contribution in [2.24, 2.45) is 0 Å². The number of ether oxygens (including phenoxy) is 1. The van der Waals surface area contributed by atoms with E-state index >= 15 is 0 Å². The van der Waals surface area contributed by atoms with Crippen molar-refractivity contribution in [1.82, 2.24) is 0 Å². The number of benzene rings is 1. The van der Waals surface area contributed by atoms with Crippen molar-refractivity contribution < 1.29 is 4.74 Å². The van der Waals surface area contributed by atoms with E-state index in [1.807, 2.05) is 24.3 Å². The summed E-state index contributed by atoms with van der Waals surface area (Å²) in [6.45, 7) is 0. The molecule has 0 spiro atoms. The Bertz CT molecular complexity index is 297. The second-order valence-corrected chi connectivity index (χ2v) is 3.53. The second-order valence-electron chi connectivity index (χ2n) is 2.20. The molecule has 64 valence electrons. The largest absolute Gasteiger partial charge is 0.504 e. The normalized spacial score (nSPS) is 10.6. The molecule has 1 aromatic carbocycles. The van der Waals surface area contributed by atoms with Crippen LogP contribution < -0.4 is 0 Å². The van der Waals surface area contributed by atoms with Gasteiger partial charge in [0, 0.05) is 9.50 Å². The molecule has 0 aliphatic heterocycles. The predicted molar refractivity (Wildman–Crippen MR) is 55.2 cm³/mol. The third-order valence-electron chi connectivity index (χ3n) is 1.34. The molecule has 0 aliphatic carbocycles. The fourth-order valence-electron chi connectivity index (χ4n) is 0.784. The standard InChI is InChI=1S/C9H8BrClO/c1-12-5-4-7-6-8(10)2-3-9(7)11/h2-6H,1H3/b5-4+. The highest BCUT2D eigenvalue weighted by molar-refractivity contribution is 9.10. The average molecular weight is 248 g/mol. The predicted octanol–water partition coefficient (Wildman–Crippen LogP) is 3.72. The van der Waals surface area contributed by atoms with Gasteiger partial charge in [-0.3, -0.25) is 0 Å². The van der Waals surface area contributed by atoms with Gasteiger partial charge in [0.05, 0.1) is 13.4 Å². The van der Waals surface area contributed by atoms with Crippen LogP contribution in [-0.2, 0) is 4.74 Å². The summed E-state index contributed by atoms with van der Waals surface area (Å²) >= 11 is 9.26. The lowest BCUT2D eigenvalue weighted by Gasteiger charge is -1.98. The Morgan fingerprint density at radius 2 is 2.25 bits per heavy atom. The highest BCUT2D eigenvalue weighted by atomic mass is 79.9. The molecular formula is C9H8BrClO. The summed E-state index contributed by atoms with van der Waals surface area (Å²) in [5, 5.41) is 0.714.